The number of hydrogen-bond donors (Lipinski definition) is 0. The summed E-state index contributed by atoms with van der Waals surface area (Å²) < 4.78 is 0. The Bertz CT molecular complexity index is 1110. The number of allylic oxidation sites excluding steroid dienone is 1. The Labute approximate surface area is 166 Å². The fraction of sp³-hybridized carbons (Fsp3) is 0.0714. The van der Waals surface area contributed by atoms with Crippen LogP contribution in [-0.4, -0.2) is 0 Å². The fourth-order valence-electron chi connectivity index (χ4n) is 4.76. The van der Waals surface area contributed by atoms with Gasteiger partial charge in [-0.2, -0.15) is 0 Å². The van der Waals surface area contributed by atoms with Crippen molar-refractivity contribution in [1.29, 1.82) is 0 Å². The molecule has 0 amide bonds. The van der Waals surface area contributed by atoms with Crippen molar-refractivity contribution in [1.82, 2.24) is 0 Å². The lowest BCUT2D eigenvalue weighted by molar-refractivity contribution is 0.768. The van der Waals surface area contributed by atoms with E-state index >= 15 is 0 Å². The van der Waals surface area contributed by atoms with Gasteiger partial charge in [0.2, 0.25) is 0 Å². The molecule has 0 aliphatic heterocycles. The van der Waals surface area contributed by atoms with Crippen LogP contribution >= 0.6 is 0 Å². The monoisotopic (exact) mass is 358 g/mol. The summed E-state index contributed by atoms with van der Waals surface area (Å²) in [7, 11) is 0. The van der Waals surface area contributed by atoms with E-state index in [2.05, 4.69) is 122 Å². The maximum Gasteiger partial charge on any atom is 0.0713 e. The zero-order chi connectivity index (χ0) is 19.0. The second-order valence-corrected chi connectivity index (χ2v) is 7.33. The molecule has 4 aromatic carbocycles. The standard InChI is InChI=1S/C28H22/c1-2-11-21-18-19-27-25(20-21)24-16-9-10-17-26(24)28(27,22-12-5-3-6-13-22)23-14-7-4-8-15-23/h2-20H,1H3. The summed E-state index contributed by atoms with van der Waals surface area (Å²) in [4.78, 5) is 0. The summed E-state index contributed by atoms with van der Waals surface area (Å²) in [6, 6.07) is 37.6. The molecule has 0 saturated heterocycles. The van der Waals surface area contributed by atoms with Gasteiger partial charge in [0, 0.05) is 0 Å². The first-order valence-electron chi connectivity index (χ1n) is 9.84. The van der Waals surface area contributed by atoms with Crippen LogP contribution in [0.3, 0.4) is 0 Å². The van der Waals surface area contributed by atoms with Crippen molar-refractivity contribution in [2.45, 2.75) is 12.3 Å². The SMILES string of the molecule is CC=Cc1ccc2c(c1)-c1ccccc1C2(c1ccccc1)c1ccccc1. The second-order valence-electron chi connectivity index (χ2n) is 7.33. The van der Waals surface area contributed by atoms with Crippen LogP contribution in [0.4, 0.5) is 0 Å². The van der Waals surface area contributed by atoms with Gasteiger partial charge in [0.05, 0.1) is 5.41 Å². The minimum atomic E-state index is -0.289. The average molecular weight is 358 g/mol. The van der Waals surface area contributed by atoms with E-state index in [4.69, 9.17) is 0 Å². The molecule has 134 valence electrons. The summed E-state index contributed by atoms with van der Waals surface area (Å²) in [6.07, 6.45) is 4.28. The molecule has 0 fully saturated rings. The van der Waals surface area contributed by atoms with E-state index in [0.717, 1.165) is 0 Å². The highest BCUT2D eigenvalue weighted by Crippen LogP contribution is 2.56. The highest BCUT2D eigenvalue weighted by atomic mass is 14.5. The first-order valence-corrected chi connectivity index (χ1v) is 9.84. The Morgan fingerprint density at radius 3 is 1.79 bits per heavy atom. The fourth-order valence-corrected chi connectivity index (χ4v) is 4.76. The molecule has 0 heterocycles. The molecule has 0 saturated carbocycles. The predicted octanol–water partition coefficient (Wildman–Crippen LogP) is 7.08. The van der Waals surface area contributed by atoms with E-state index in [-0.39, 0.29) is 5.41 Å². The molecule has 0 spiro atoms. The van der Waals surface area contributed by atoms with Gasteiger partial charge in [0.1, 0.15) is 0 Å². The van der Waals surface area contributed by atoms with Gasteiger partial charge in [0.15, 0.2) is 0 Å². The van der Waals surface area contributed by atoms with Crippen molar-refractivity contribution in [2.75, 3.05) is 0 Å². The first-order chi connectivity index (χ1) is 13.9. The van der Waals surface area contributed by atoms with Crippen molar-refractivity contribution in [3.8, 4) is 11.1 Å². The van der Waals surface area contributed by atoms with E-state index in [1.54, 1.807) is 0 Å². The van der Waals surface area contributed by atoms with E-state index in [1.807, 2.05) is 0 Å². The highest BCUT2D eigenvalue weighted by Gasteiger charge is 2.45. The lowest BCUT2D eigenvalue weighted by Gasteiger charge is -2.33. The second kappa shape index (κ2) is 6.65. The van der Waals surface area contributed by atoms with Crippen LogP contribution in [-0.2, 0) is 5.41 Å². The first kappa shape index (κ1) is 16.8. The molecule has 0 radical (unpaired) electrons. The van der Waals surface area contributed by atoms with Crippen molar-refractivity contribution < 1.29 is 0 Å². The maximum atomic E-state index is 2.34. The molecule has 1 aliphatic carbocycles. The lowest BCUT2D eigenvalue weighted by Crippen LogP contribution is -2.28. The van der Waals surface area contributed by atoms with Gasteiger partial charge >= 0.3 is 0 Å². The Hall–Kier alpha value is -3.38. The van der Waals surface area contributed by atoms with Crippen LogP contribution in [0, 0.1) is 0 Å². The minimum absolute atomic E-state index is 0.289. The molecule has 28 heavy (non-hydrogen) atoms. The van der Waals surface area contributed by atoms with Crippen molar-refractivity contribution >= 4 is 6.08 Å². The molecule has 0 N–H and O–H groups in total. The number of rotatable bonds is 3. The van der Waals surface area contributed by atoms with Crippen molar-refractivity contribution in [2.24, 2.45) is 0 Å². The molecular weight excluding hydrogens is 336 g/mol. The topological polar surface area (TPSA) is 0 Å². The normalized spacial score (nSPS) is 14.0. The van der Waals surface area contributed by atoms with Gasteiger partial charge < -0.3 is 0 Å². The average Bonchev–Trinajstić information content (AvgIpc) is 3.06. The molecule has 0 heteroatoms. The van der Waals surface area contributed by atoms with Gasteiger partial charge in [-0.1, -0.05) is 109 Å². The van der Waals surface area contributed by atoms with Crippen LogP contribution in [0.2, 0.25) is 0 Å². The number of benzene rings is 4. The van der Waals surface area contributed by atoms with Gasteiger partial charge in [-0.15, -0.1) is 0 Å². The molecule has 0 nitrogen and oxygen atoms in total. The maximum absolute atomic E-state index is 2.34. The quantitative estimate of drug-likeness (QED) is 0.323. The van der Waals surface area contributed by atoms with E-state index < -0.39 is 0 Å². The molecule has 1 aliphatic rings. The molecule has 0 bridgehead atoms. The molecule has 0 aromatic heterocycles. The summed E-state index contributed by atoms with van der Waals surface area (Å²) >= 11 is 0. The predicted molar refractivity (Wildman–Crippen MR) is 118 cm³/mol. The van der Waals surface area contributed by atoms with E-state index in [9.17, 15) is 0 Å². The molecule has 0 unspecified atom stereocenters. The Kier molecular flexibility index (Phi) is 3.98. The van der Waals surface area contributed by atoms with Crippen molar-refractivity contribution in [3.63, 3.8) is 0 Å². The summed E-state index contributed by atoms with van der Waals surface area (Å²) in [5, 5.41) is 0. The van der Waals surface area contributed by atoms with Gasteiger partial charge in [-0.3, -0.25) is 0 Å². The Morgan fingerprint density at radius 1 is 0.571 bits per heavy atom. The Morgan fingerprint density at radius 2 is 1.14 bits per heavy atom. The third-order valence-corrected chi connectivity index (χ3v) is 5.84. The van der Waals surface area contributed by atoms with E-state index in [1.165, 1.54) is 38.9 Å². The molecule has 0 atom stereocenters. The van der Waals surface area contributed by atoms with Crippen LogP contribution in [0.5, 0.6) is 0 Å². The zero-order valence-corrected chi connectivity index (χ0v) is 16.0. The summed E-state index contributed by atoms with van der Waals surface area (Å²) in [5.74, 6) is 0. The summed E-state index contributed by atoms with van der Waals surface area (Å²) in [6.45, 7) is 2.07. The number of hydrogen-bond acceptors (Lipinski definition) is 0. The molecular formula is C28H22. The van der Waals surface area contributed by atoms with Crippen LogP contribution in [0.15, 0.2) is 109 Å². The minimum Gasteiger partial charge on any atom is -0.0871 e. The molecule has 4 aromatic rings. The van der Waals surface area contributed by atoms with Gasteiger partial charge in [0.25, 0.3) is 0 Å². The van der Waals surface area contributed by atoms with Crippen LogP contribution in [0.25, 0.3) is 17.2 Å². The third kappa shape index (κ3) is 2.31. The number of fused-ring (bicyclic) bond motifs is 3. The van der Waals surface area contributed by atoms with Gasteiger partial charge in [-0.05, 0) is 51.9 Å². The Balaban J connectivity index is 1.94. The lowest BCUT2D eigenvalue weighted by atomic mass is 9.68. The van der Waals surface area contributed by atoms with E-state index in [0.29, 0.717) is 0 Å². The third-order valence-electron chi connectivity index (χ3n) is 5.84. The zero-order valence-electron chi connectivity index (χ0n) is 16.0. The largest absolute Gasteiger partial charge is 0.0871 e. The van der Waals surface area contributed by atoms with Gasteiger partial charge in [-0.25, -0.2) is 0 Å². The van der Waals surface area contributed by atoms with Crippen molar-refractivity contribution in [3.05, 3.63) is 137 Å². The molecule has 5 rings (SSSR count). The highest BCUT2D eigenvalue weighted by molar-refractivity contribution is 5.87. The summed E-state index contributed by atoms with van der Waals surface area (Å²) in [5.41, 5.74) is 8.96. The van der Waals surface area contributed by atoms with Crippen LogP contribution < -0.4 is 0 Å². The van der Waals surface area contributed by atoms with Crippen LogP contribution in [0.1, 0.15) is 34.7 Å². The smallest absolute Gasteiger partial charge is 0.0713 e.